The highest BCUT2D eigenvalue weighted by molar-refractivity contribution is 5.85. The fourth-order valence-electron chi connectivity index (χ4n) is 1.80. The summed E-state index contributed by atoms with van der Waals surface area (Å²) in [6.45, 7) is 2.07. The summed E-state index contributed by atoms with van der Waals surface area (Å²) in [6, 6.07) is 9.68. The summed E-state index contributed by atoms with van der Waals surface area (Å²) >= 11 is 0. The maximum absolute atomic E-state index is 10.8. The molecule has 4 nitrogen and oxygen atoms in total. The zero-order chi connectivity index (χ0) is 13.0. The second-order valence-electron chi connectivity index (χ2n) is 4.13. The summed E-state index contributed by atoms with van der Waals surface area (Å²) in [5, 5.41) is 8.85. The van der Waals surface area contributed by atoms with Crippen molar-refractivity contribution >= 4 is 5.97 Å². The van der Waals surface area contributed by atoms with E-state index in [9.17, 15) is 4.79 Å². The second kappa shape index (κ2) is 5.40. The molecule has 0 aliphatic heterocycles. The number of aromatic nitrogens is 2. The number of aryl methyl sites for hydroxylation is 3. The third-order valence-electron chi connectivity index (χ3n) is 2.85. The third kappa shape index (κ3) is 2.91. The molecule has 92 valence electrons. The van der Waals surface area contributed by atoms with Gasteiger partial charge in [-0.25, -0.2) is 14.8 Å². The molecule has 0 atom stereocenters. The highest BCUT2D eigenvalue weighted by Crippen LogP contribution is 2.10. The van der Waals surface area contributed by atoms with Gasteiger partial charge in [0.25, 0.3) is 0 Å². The number of nitrogens with zero attached hydrogens (tertiary/aromatic N) is 2. The Morgan fingerprint density at radius 1 is 1.22 bits per heavy atom. The summed E-state index contributed by atoms with van der Waals surface area (Å²) < 4.78 is 0. The average molecular weight is 242 g/mol. The van der Waals surface area contributed by atoms with Crippen molar-refractivity contribution in [3.05, 3.63) is 59.2 Å². The minimum Gasteiger partial charge on any atom is -0.477 e. The van der Waals surface area contributed by atoms with Crippen LogP contribution in [0.1, 0.15) is 27.3 Å². The lowest BCUT2D eigenvalue weighted by molar-refractivity contribution is 0.0690. The number of carbonyl (C=O) groups is 1. The van der Waals surface area contributed by atoms with E-state index in [1.807, 2.05) is 12.1 Å². The standard InChI is InChI=1S/C14H14N2O2/c1-10-4-2-3-5-11(10)6-7-12-8-13(14(17)18)16-9-15-12/h2-5,8-9H,6-7H2,1H3,(H,17,18). The van der Waals surface area contributed by atoms with Gasteiger partial charge in [0, 0.05) is 5.69 Å². The Hall–Kier alpha value is -2.23. The van der Waals surface area contributed by atoms with Gasteiger partial charge in [0.05, 0.1) is 0 Å². The number of benzene rings is 1. The molecule has 0 radical (unpaired) electrons. The van der Waals surface area contributed by atoms with E-state index in [0.29, 0.717) is 6.42 Å². The summed E-state index contributed by atoms with van der Waals surface area (Å²) in [5.74, 6) is -1.02. The van der Waals surface area contributed by atoms with Crippen LogP contribution in [0.25, 0.3) is 0 Å². The van der Waals surface area contributed by atoms with Crippen LogP contribution in [-0.4, -0.2) is 21.0 Å². The molecule has 1 N–H and O–H groups in total. The number of carboxylic acid groups (broad SMARTS) is 1. The Labute approximate surface area is 105 Å². The van der Waals surface area contributed by atoms with Gasteiger partial charge in [0.2, 0.25) is 0 Å². The molecule has 1 aromatic carbocycles. The van der Waals surface area contributed by atoms with E-state index in [-0.39, 0.29) is 5.69 Å². The van der Waals surface area contributed by atoms with Gasteiger partial charge in [0.1, 0.15) is 6.33 Å². The molecule has 0 aliphatic rings. The lowest BCUT2D eigenvalue weighted by Gasteiger charge is -2.05. The van der Waals surface area contributed by atoms with Crippen molar-refractivity contribution in [3.8, 4) is 0 Å². The van der Waals surface area contributed by atoms with Crippen LogP contribution in [0.5, 0.6) is 0 Å². The summed E-state index contributed by atoms with van der Waals surface area (Å²) in [6.07, 6.45) is 2.87. The van der Waals surface area contributed by atoms with E-state index >= 15 is 0 Å². The van der Waals surface area contributed by atoms with E-state index in [2.05, 4.69) is 29.0 Å². The van der Waals surface area contributed by atoms with Gasteiger partial charge < -0.3 is 5.11 Å². The lowest BCUT2D eigenvalue weighted by atomic mass is 10.0. The lowest BCUT2D eigenvalue weighted by Crippen LogP contribution is -2.04. The predicted molar refractivity (Wildman–Crippen MR) is 67.6 cm³/mol. The van der Waals surface area contributed by atoms with Crippen LogP contribution in [0, 0.1) is 6.92 Å². The van der Waals surface area contributed by atoms with Crippen LogP contribution in [0.4, 0.5) is 0 Å². The number of rotatable bonds is 4. The largest absolute Gasteiger partial charge is 0.477 e. The van der Waals surface area contributed by atoms with Crippen molar-refractivity contribution in [1.29, 1.82) is 0 Å². The van der Waals surface area contributed by atoms with Gasteiger partial charge in [-0.3, -0.25) is 0 Å². The van der Waals surface area contributed by atoms with Crippen LogP contribution >= 0.6 is 0 Å². The Bertz CT molecular complexity index is 567. The fourth-order valence-corrected chi connectivity index (χ4v) is 1.80. The van der Waals surface area contributed by atoms with Gasteiger partial charge in [-0.15, -0.1) is 0 Å². The first-order valence-corrected chi connectivity index (χ1v) is 5.75. The molecule has 18 heavy (non-hydrogen) atoms. The first kappa shape index (κ1) is 12.2. The molecule has 2 aromatic rings. The summed E-state index contributed by atoms with van der Waals surface area (Å²) in [4.78, 5) is 18.6. The Kier molecular flexibility index (Phi) is 3.67. The monoisotopic (exact) mass is 242 g/mol. The van der Waals surface area contributed by atoms with Gasteiger partial charge in [-0.2, -0.15) is 0 Å². The van der Waals surface area contributed by atoms with Crippen molar-refractivity contribution in [1.82, 2.24) is 9.97 Å². The number of hydrogen-bond donors (Lipinski definition) is 1. The maximum Gasteiger partial charge on any atom is 0.354 e. The van der Waals surface area contributed by atoms with E-state index in [1.165, 1.54) is 23.5 Å². The molecule has 1 aromatic heterocycles. The third-order valence-corrected chi connectivity index (χ3v) is 2.85. The molecule has 0 fully saturated rings. The normalized spacial score (nSPS) is 10.3. The van der Waals surface area contributed by atoms with E-state index in [1.54, 1.807) is 0 Å². The summed E-state index contributed by atoms with van der Waals surface area (Å²) in [5.41, 5.74) is 3.30. The van der Waals surface area contributed by atoms with Crippen molar-refractivity contribution < 1.29 is 9.90 Å². The second-order valence-corrected chi connectivity index (χ2v) is 4.13. The molecule has 0 spiro atoms. The van der Waals surface area contributed by atoms with Gasteiger partial charge >= 0.3 is 5.97 Å². The Morgan fingerprint density at radius 3 is 2.72 bits per heavy atom. The molecule has 0 saturated carbocycles. The fraction of sp³-hybridized carbons (Fsp3) is 0.214. The van der Waals surface area contributed by atoms with E-state index < -0.39 is 5.97 Å². The van der Waals surface area contributed by atoms with E-state index in [0.717, 1.165) is 12.1 Å². The van der Waals surface area contributed by atoms with Crippen molar-refractivity contribution in [2.75, 3.05) is 0 Å². The molecular weight excluding hydrogens is 228 g/mol. The van der Waals surface area contributed by atoms with Gasteiger partial charge in [0.15, 0.2) is 5.69 Å². The predicted octanol–water partition coefficient (Wildman–Crippen LogP) is 2.27. The van der Waals surface area contributed by atoms with Gasteiger partial charge in [-0.05, 0) is 37.0 Å². The average Bonchev–Trinajstić information content (AvgIpc) is 2.38. The molecule has 4 heteroatoms. The molecule has 0 saturated heterocycles. The smallest absolute Gasteiger partial charge is 0.354 e. The first-order valence-electron chi connectivity index (χ1n) is 5.75. The SMILES string of the molecule is Cc1ccccc1CCc1cc(C(=O)O)ncn1. The molecule has 0 amide bonds. The highest BCUT2D eigenvalue weighted by atomic mass is 16.4. The molecule has 0 unspecified atom stereocenters. The van der Waals surface area contributed by atoms with Crippen molar-refractivity contribution in [2.45, 2.75) is 19.8 Å². The van der Waals surface area contributed by atoms with E-state index in [4.69, 9.17) is 5.11 Å². The minimum atomic E-state index is -1.02. The number of hydrogen-bond acceptors (Lipinski definition) is 3. The van der Waals surface area contributed by atoms with Crippen LogP contribution in [0.3, 0.4) is 0 Å². The number of carboxylic acids is 1. The topological polar surface area (TPSA) is 63.1 Å². The number of aromatic carboxylic acids is 1. The quantitative estimate of drug-likeness (QED) is 0.893. The molecule has 1 heterocycles. The minimum absolute atomic E-state index is 0.0461. The Balaban J connectivity index is 2.09. The van der Waals surface area contributed by atoms with Crippen LogP contribution in [0.2, 0.25) is 0 Å². The highest BCUT2D eigenvalue weighted by Gasteiger charge is 2.06. The molecule has 0 bridgehead atoms. The molecular formula is C14H14N2O2. The first-order chi connectivity index (χ1) is 8.66. The van der Waals surface area contributed by atoms with Gasteiger partial charge in [-0.1, -0.05) is 24.3 Å². The van der Waals surface area contributed by atoms with Crippen LogP contribution < -0.4 is 0 Å². The molecule has 2 rings (SSSR count). The maximum atomic E-state index is 10.8. The molecule has 0 aliphatic carbocycles. The summed E-state index contributed by atoms with van der Waals surface area (Å²) in [7, 11) is 0. The Morgan fingerprint density at radius 2 is 2.00 bits per heavy atom. The van der Waals surface area contributed by atoms with Crippen LogP contribution in [0.15, 0.2) is 36.7 Å². The van der Waals surface area contributed by atoms with Crippen molar-refractivity contribution in [3.63, 3.8) is 0 Å². The van der Waals surface area contributed by atoms with Crippen molar-refractivity contribution in [2.24, 2.45) is 0 Å². The zero-order valence-electron chi connectivity index (χ0n) is 10.1. The zero-order valence-corrected chi connectivity index (χ0v) is 10.1. The van der Waals surface area contributed by atoms with Crippen LogP contribution in [-0.2, 0) is 12.8 Å².